The summed E-state index contributed by atoms with van der Waals surface area (Å²) < 4.78 is 0. The molecule has 0 radical (unpaired) electrons. The predicted octanol–water partition coefficient (Wildman–Crippen LogP) is 3.90. The van der Waals surface area contributed by atoms with Crippen LogP contribution in [0.3, 0.4) is 0 Å². The molecule has 0 saturated carbocycles. The summed E-state index contributed by atoms with van der Waals surface area (Å²) >= 11 is 6.42. The number of fused-ring (bicyclic) bond motifs is 2. The van der Waals surface area contributed by atoms with E-state index in [1.54, 1.807) is 0 Å². The number of nitro groups is 1. The van der Waals surface area contributed by atoms with E-state index in [1.807, 2.05) is 31.2 Å². The Hall–Kier alpha value is -3.32. The molecule has 0 spiro atoms. The van der Waals surface area contributed by atoms with E-state index < -0.39 is 16.7 Å². The number of carbonyl (C=O) groups excluding carboxylic acids is 2. The Morgan fingerprint density at radius 1 is 1.11 bits per heavy atom. The van der Waals surface area contributed by atoms with Crippen LogP contribution in [0.5, 0.6) is 0 Å². The molecule has 1 aliphatic rings. The molecular weight excluding hydrogens is 370 g/mol. The van der Waals surface area contributed by atoms with Crippen LogP contribution < -0.4 is 0 Å². The van der Waals surface area contributed by atoms with E-state index in [2.05, 4.69) is 4.98 Å². The molecule has 0 atom stereocenters. The summed E-state index contributed by atoms with van der Waals surface area (Å²) in [5, 5.41) is 12.5. The van der Waals surface area contributed by atoms with Crippen LogP contribution >= 0.6 is 11.6 Å². The Morgan fingerprint density at radius 3 is 2.59 bits per heavy atom. The van der Waals surface area contributed by atoms with Gasteiger partial charge in [0.25, 0.3) is 17.5 Å². The zero-order valence-corrected chi connectivity index (χ0v) is 14.9. The fourth-order valence-corrected chi connectivity index (χ4v) is 3.49. The Morgan fingerprint density at radius 2 is 1.85 bits per heavy atom. The molecule has 2 aromatic carbocycles. The molecule has 134 valence electrons. The van der Waals surface area contributed by atoms with Gasteiger partial charge < -0.3 is 0 Å². The van der Waals surface area contributed by atoms with Crippen molar-refractivity contribution < 1.29 is 14.5 Å². The minimum absolute atomic E-state index is 0.0165. The number of aryl methyl sites for hydroxylation is 1. The monoisotopic (exact) mass is 381 g/mol. The summed E-state index contributed by atoms with van der Waals surface area (Å²) in [6.45, 7) is 1.68. The molecule has 0 unspecified atom stereocenters. The highest BCUT2D eigenvalue weighted by atomic mass is 35.5. The lowest BCUT2D eigenvalue weighted by molar-refractivity contribution is -0.385. The van der Waals surface area contributed by atoms with Gasteiger partial charge in [-0.05, 0) is 24.6 Å². The van der Waals surface area contributed by atoms with Crippen molar-refractivity contribution in [3.63, 3.8) is 0 Å². The SMILES string of the molecule is Cc1c(Cl)c(CN2C(=O)c3cccc([N+](=O)[O-])c3C2=O)nc2ccccc12. The average Bonchev–Trinajstić information content (AvgIpc) is 2.90. The molecule has 7 nitrogen and oxygen atoms in total. The van der Waals surface area contributed by atoms with Crippen molar-refractivity contribution in [1.82, 2.24) is 9.88 Å². The third kappa shape index (κ3) is 2.55. The van der Waals surface area contributed by atoms with Gasteiger partial charge in [0, 0.05) is 11.5 Å². The molecule has 2 amide bonds. The number of benzene rings is 2. The molecule has 4 rings (SSSR count). The first-order valence-corrected chi connectivity index (χ1v) is 8.45. The lowest BCUT2D eigenvalue weighted by Gasteiger charge is -2.16. The van der Waals surface area contributed by atoms with Crippen LogP contribution in [0.15, 0.2) is 42.5 Å². The van der Waals surface area contributed by atoms with Gasteiger partial charge in [0.1, 0.15) is 5.56 Å². The van der Waals surface area contributed by atoms with Crippen molar-refractivity contribution >= 4 is 40.0 Å². The van der Waals surface area contributed by atoms with E-state index in [4.69, 9.17) is 11.6 Å². The van der Waals surface area contributed by atoms with Crippen LogP contribution in [-0.2, 0) is 6.54 Å². The third-order valence-electron chi connectivity index (χ3n) is 4.63. The van der Waals surface area contributed by atoms with E-state index in [0.29, 0.717) is 16.2 Å². The number of amides is 2. The van der Waals surface area contributed by atoms with Crippen LogP contribution in [0.1, 0.15) is 32.0 Å². The van der Waals surface area contributed by atoms with Crippen molar-refractivity contribution in [1.29, 1.82) is 0 Å². The standard InChI is InChI=1S/C19H12ClN3O4/c1-10-11-5-2-3-7-13(11)21-14(17(10)20)9-22-18(24)12-6-4-8-15(23(26)27)16(12)19(22)25/h2-8H,9H2,1H3. The van der Waals surface area contributed by atoms with Gasteiger partial charge in [-0.25, -0.2) is 4.98 Å². The summed E-state index contributed by atoms with van der Waals surface area (Å²) in [6.07, 6.45) is 0. The van der Waals surface area contributed by atoms with E-state index in [9.17, 15) is 19.7 Å². The van der Waals surface area contributed by atoms with Gasteiger partial charge in [-0.15, -0.1) is 0 Å². The van der Waals surface area contributed by atoms with Crippen molar-refractivity contribution in [2.24, 2.45) is 0 Å². The molecule has 0 bridgehead atoms. The first-order valence-electron chi connectivity index (χ1n) is 8.07. The summed E-state index contributed by atoms with van der Waals surface area (Å²) in [5.41, 5.74) is 1.29. The minimum Gasteiger partial charge on any atom is -0.269 e. The summed E-state index contributed by atoms with van der Waals surface area (Å²) in [6, 6.07) is 11.4. The maximum atomic E-state index is 12.7. The van der Waals surface area contributed by atoms with E-state index in [-0.39, 0.29) is 23.4 Å². The van der Waals surface area contributed by atoms with Crippen LogP contribution in [-0.4, -0.2) is 26.6 Å². The van der Waals surface area contributed by atoms with Crippen LogP contribution in [0.25, 0.3) is 10.9 Å². The Bertz CT molecular complexity index is 1160. The van der Waals surface area contributed by atoms with E-state index >= 15 is 0 Å². The van der Waals surface area contributed by atoms with Crippen LogP contribution in [0, 0.1) is 17.0 Å². The first kappa shape index (κ1) is 17.1. The lowest BCUT2D eigenvalue weighted by Crippen LogP contribution is -2.29. The summed E-state index contributed by atoms with van der Waals surface area (Å²) in [5.74, 6) is -1.31. The van der Waals surface area contributed by atoms with E-state index in [0.717, 1.165) is 15.8 Å². The fraction of sp³-hybridized carbons (Fsp3) is 0.105. The second-order valence-corrected chi connectivity index (χ2v) is 6.55. The Labute approximate surface area is 158 Å². The first-order chi connectivity index (χ1) is 12.9. The Kier molecular flexibility index (Phi) is 3.89. The van der Waals surface area contributed by atoms with Crippen molar-refractivity contribution in [2.75, 3.05) is 0 Å². The minimum atomic E-state index is -0.717. The number of rotatable bonds is 3. The van der Waals surface area contributed by atoms with Gasteiger partial charge in [-0.3, -0.25) is 24.6 Å². The highest BCUT2D eigenvalue weighted by Gasteiger charge is 2.41. The maximum absolute atomic E-state index is 12.7. The number of pyridine rings is 1. The number of hydrogen-bond donors (Lipinski definition) is 0. The number of halogens is 1. The molecular formula is C19H12ClN3O4. The third-order valence-corrected chi connectivity index (χ3v) is 5.13. The summed E-state index contributed by atoms with van der Waals surface area (Å²) in [7, 11) is 0. The van der Waals surface area contributed by atoms with Gasteiger partial charge >= 0.3 is 0 Å². The van der Waals surface area contributed by atoms with Gasteiger partial charge in [0.2, 0.25) is 0 Å². The number of para-hydroxylation sites is 1. The number of aromatic nitrogens is 1. The molecule has 2 heterocycles. The quantitative estimate of drug-likeness (QED) is 0.389. The van der Waals surface area contributed by atoms with Crippen molar-refractivity contribution in [3.05, 3.63) is 80.0 Å². The van der Waals surface area contributed by atoms with Crippen molar-refractivity contribution in [3.8, 4) is 0 Å². The lowest BCUT2D eigenvalue weighted by atomic mass is 10.1. The molecule has 0 fully saturated rings. The molecule has 0 N–H and O–H groups in total. The van der Waals surface area contributed by atoms with Crippen LogP contribution in [0.2, 0.25) is 5.02 Å². The van der Waals surface area contributed by atoms with E-state index in [1.165, 1.54) is 18.2 Å². The zero-order chi connectivity index (χ0) is 19.3. The molecule has 3 aromatic rings. The normalized spacial score (nSPS) is 13.3. The fourth-order valence-electron chi connectivity index (χ4n) is 3.28. The number of imide groups is 1. The summed E-state index contributed by atoms with van der Waals surface area (Å²) in [4.78, 5) is 41.4. The van der Waals surface area contributed by atoms with Crippen molar-refractivity contribution in [2.45, 2.75) is 13.5 Å². The number of carbonyl (C=O) groups is 2. The van der Waals surface area contributed by atoms with Crippen LogP contribution in [0.4, 0.5) is 5.69 Å². The molecule has 1 aliphatic heterocycles. The number of nitrogens with zero attached hydrogens (tertiary/aromatic N) is 3. The molecule has 27 heavy (non-hydrogen) atoms. The van der Waals surface area contributed by atoms with Gasteiger partial charge in [-0.1, -0.05) is 35.9 Å². The Balaban J connectivity index is 1.79. The molecule has 0 saturated heterocycles. The second-order valence-electron chi connectivity index (χ2n) is 6.17. The highest BCUT2D eigenvalue weighted by Crippen LogP contribution is 2.33. The maximum Gasteiger partial charge on any atom is 0.282 e. The number of hydrogen-bond acceptors (Lipinski definition) is 5. The predicted molar refractivity (Wildman–Crippen MR) is 98.8 cm³/mol. The van der Waals surface area contributed by atoms with Gasteiger partial charge in [0.15, 0.2) is 0 Å². The largest absolute Gasteiger partial charge is 0.282 e. The molecule has 8 heteroatoms. The smallest absolute Gasteiger partial charge is 0.269 e. The number of nitro benzene ring substituents is 1. The zero-order valence-electron chi connectivity index (χ0n) is 14.1. The average molecular weight is 382 g/mol. The second kappa shape index (κ2) is 6.14. The molecule has 1 aromatic heterocycles. The highest BCUT2D eigenvalue weighted by molar-refractivity contribution is 6.33. The van der Waals surface area contributed by atoms with Gasteiger partial charge in [0.05, 0.1) is 33.3 Å². The van der Waals surface area contributed by atoms with Gasteiger partial charge in [-0.2, -0.15) is 0 Å². The topological polar surface area (TPSA) is 93.4 Å². The molecule has 0 aliphatic carbocycles.